The molecule has 1 saturated heterocycles. The van der Waals surface area contributed by atoms with Crippen molar-refractivity contribution < 1.29 is 24.5 Å². The van der Waals surface area contributed by atoms with Crippen molar-refractivity contribution in [3.63, 3.8) is 0 Å². The molecule has 0 saturated carbocycles. The molecule has 0 aliphatic carbocycles. The topological polar surface area (TPSA) is 116 Å². The maximum atomic E-state index is 13.3. The summed E-state index contributed by atoms with van der Waals surface area (Å²) in [5, 5.41) is 19.7. The first-order valence-electron chi connectivity index (χ1n) is 12.9. The zero-order valence-corrected chi connectivity index (χ0v) is 22.4. The van der Waals surface area contributed by atoms with Crippen LogP contribution in [0.15, 0.2) is 60.7 Å². The summed E-state index contributed by atoms with van der Waals surface area (Å²) in [5.41, 5.74) is 1.55. The predicted molar refractivity (Wildman–Crippen MR) is 150 cm³/mol. The van der Waals surface area contributed by atoms with Gasteiger partial charge in [0.15, 0.2) is 5.78 Å². The Morgan fingerprint density at radius 1 is 0.974 bits per heavy atom. The molecule has 1 fully saturated rings. The molecule has 2 aromatic carbocycles. The summed E-state index contributed by atoms with van der Waals surface area (Å²) in [6, 6.07) is 18.2. The molecule has 0 radical (unpaired) electrons. The van der Waals surface area contributed by atoms with Crippen LogP contribution < -0.4 is 9.64 Å². The number of thiophene rings is 1. The van der Waals surface area contributed by atoms with E-state index >= 15 is 0 Å². The van der Waals surface area contributed by atoms with Gasteiger partial charge in [-0.25, -0.2) is 0 Å². The Balaban J connectivity index is 1.31. The first kappa shape index (κ1) is 26.7. The molecule has 39 heavy (non-hydrogen) atoms. The summed E-state index contributed by atoms with van der Waals surface area (Å²) in [7, 11) is 0. The molecule has 1 aliphatic heterocycles. The molecular formula is C29H30N4O5S. The normalized spacial score (nSPS) is 14.4. The molecule has 3 heterocycles. The van der Waals surface area contributed by atoms with Crippen molar-refractivity contribution in [2.75, 3.05) is 44.3 Å². The number of rotatable bonds is 9. The number of hydrogen-bond acceptors (Lipinski definition) is 9. The van der Waals surface area contributed by atoms with E-state index in [-0.39, 0.29) is 24.3 Å². The van der Waals surface area contributed by atoms with Crippen LogP contribution in [0.2, 0.25) is 0 Å². The number of carbonyl (C=O) groups excluding carboxylic acids is 2. The molecule has 1 amide bonds. The van der Waals surface area contributed by atoms with E-state index in [1.807, 2.05) is 18.2 Å². The lowest BCUT2D eigenvalue weighted by atomic mass is 10.0. The number of ketones is 1. The SMILES string of the molecule is CCc1cc2c(N3CCN(C(=O)c4cccc(C(=O)c5ccccc5)c4)CC3)nc(OC[C@@H](O)CO)nc2s1. The number of aryl methyl sites for hydroxylation is 1. The molecule has 1 aliphatic rings. The number of aromatic nitrogens is 2. The summed E-state index contributed by atoms with van der Waals surface area (Å²) in [4.78, 5) is 41.2. The molecule has 0 bridgehead atoms. The third-order valence-corrected chi connectivity index (χ3v) is 7.81. The van der Waals surface area contributed by atoms with Crippen molar-refractivity contribution in [3.05, 3.63) is 82.2 Å². The van der Waals surface area contributed by atoms with E-state index in [0.717, 1.165) is 22.5 Å². The Kier molecular flexibility index (Phi) is 8.16. The number of benzene rings is 2. The first-order valence-corrected chi connectivity index (χ1v) is 13.7. The van der Waals surface area contributed by atoms with Crippen molar-refractivity contribution >= 4 is 39.1 Å². The Morgan fingerprint density at radius 2 is 1.69 bits per heavy atom. The smallest absolute Gasteiger partial charge is 0.319 e. The van der Waals surface area contributed by atoms with E-state index in [4.69, 9.17) is 9.84 Å². The second-order valence-corrected chi connectivity index (χ2v) is 10.4. The summed E-state index contributed by atoms with van der Waals surface area (Å²) in [5.74, 6) is 0.498. The number of piperazine rings is 1. The van der Waals surface area contributed by atoms with Gasteiger partial charge in [0.2, 0.25) is 0 Å². The van der Waals surface area contributed by atoms with Crippen molar-refractivity contribution in [1.29, 1.82) is 0 Å². The average molecular weight is 547 g/mol. The minimum absolute atomic E-state index is 0.110. The monoisotopic (exact) mass is 546 g/mol. The van der Waals surface area contributed by atoms with Crippen LogP contribution in [0.3, 0.4) is 0 Å². The Hall–Kier alpha value is -3.86. The van der Waals surface area contributed by atoms with Gasteiger partial charge in [0, 0.05) is 47.7 Å². The van der Waals surface area contributed by atoms with Gasteiger partial charge in [0.05, 0.1) is 12.0 Å². The second kappa shape index (κ2) is 11.9. The van der Waals surface area contributed by atoms with Gasteiger partial charge in [-0.1, -0.05) is 49.4 Å². The number of anilines is 1. The van der Waals surface area contributed by atoms with Crippen LogP contribution in [0.1, 0.15) is 38.1 Å². The number of aliphatic hydroxyl groups excluding tert-OH is 2. The highest BCUT2D eigenvalue weighted by atomic mass is 32.1. The molecule has 10 heteroatoms. The van der Waals surface area contributed by atoms with Gasteiger partial charge in [-0.2, -0.15) is 9.97 Å². The Bertz CT molecular complexity index is 1470. The van der Waals surface area contributed by atoms with Crippen LogP contribution >= 0.6 is 11.3 Å². The van der Waals surface area contributed by atoms with Gasteiger partial charge < -0.3 is 24.7 Å². The Morgan fingerprint density at radius 3 is 2.41 bits per heavy atom. The largest absolute Gasteiger partial charge is 0.461 e. The quantitative estimate of drug-likeness (QED) is 0.308. The average Bonchev–Trinajstić information content (AvgIpc) is 3.42. The van der Waals surface area contributed by atoms with E-state index in [2.05, 4.69) is 27.9 Å². The van der Waals surface area contributed by atoms with Crippen molar-refractivity contribution in [3.8, 4) is 6.01 Å². The molecule has 4 aromatic rings. The van der Waals surface area contributed by atoms with Crippen LogP contribution in [0.5, 0.6) is 6.01 Å². The van der Waals surface area contributed by atoms with Crippen LogP contribution in [-0.2, 0) is 6.42 Å². The summed E-state index contributed by atoms with van der Waals surface area (Å²) in [6.07, 6.45) is -0.146. The number of carbonyl (C=O) groups is 2. The van der Waals surface area contributed by atoms with Crippen molar-refractivity contribution in [2.24, 2.45) is 0 Å². The van der Waals surface area contributed by atoms with E-state index in [1.165, 1.54) is 4.88 Å². The molecule has 1 atom stereocenters. The lowest BCUT2D eigenvalue weighted by Crippen LogP contribution is -2.49. The van der Waals surface area contributed by atoms with Gasteiger partial charge in [0.25, 0.3) is 5.91 Å². The fourth-order valence-corrected chi connectivity index (χ4v) is 5.45. The molecule has 2 aromatic heterocycles. The number of hydrogen-bond donors (Lipinski definition) is 2. The van der Waals surface area contributed by atoms with Gasteiger partial charge in [-0.3, -0.25) is 9.59 Å². The molecular weight excluding hydrogens is 516 g/mol. The van der Waals surface area contributed by atoms with E-state index in [0.29, 0.717) is 42.9 Å². The summed E-state index contributed by atoms with van der Waals surface area (Å²) >= 11 is 1.57. The Labute approximate surface area is 230 Å². The van der Waals surface area contributed by atoms with Gasteiger partial charge in [0.1, 0.15) is 23.4 Å². The fraction of sp³-hybridized carbons (Fsp3) is 0.310. The number of amides is 1. The number of nitrogens with zero attached hydrogens (tertiary/aromatic N) is 4. The number of ether oxygens (including phenoxy) is 1. The maximum absolute atomic E-state index is 13.3. The third kappa shape index (κ3) is 5.93. The van der Waals surface area contributed by atoms with E-state index in [1.54, 1.807) is 52.6 Å². The van der Waals surface area contributed by atoms with Crippen LogP contribution in [0, 0.1) is 0 Å². The van der Waals surface area contributed by atoms with Gasteiger partial charge in [-0.05, 0) is 24.6 Å². The summed E-state index contributed by atoms with van der Waals surface area (Å²) < 4.78 is 5.58. The number of aliphatic hydroxyl groups is 2. The zero-order chi connectivity index (χ0) is 27.4. The van der Waals surface area contributed by atoms with Crippen molar-refractivity contribution in [2.45, 2.75) is 19.4 Å². The molecule has 2 N–H and O–H groups in total. The predicted octanol–water partition coefficient (Wildman–Crippen LogP) is 3.18. The van der Waals surface area contributed by atoms with Gasteiger partial charge in [-0.15, -0.1) is 11.3 Å². The minimum atomic E-state index is -1.02. The highest BCUT2D eigenvalue weighted by Crippen LogP contribution is 2.33. The van der Waals surface area contributed by atoms with Gasteiger partial charge >= 0.3 is 6.01 Å². The highest BCUT2D eigenvalue weighted by molar-refractivity contribution is 7.18. The van der Waals surface area contributed by atoms with Crippen molar-refractivity contribution in [1.82, 2.24) is 14.9 Å². The standard InChI is InChI=1S/C29H30N4O5S/c1-2-23-16-24-26(30-29(31-27(24)39-23)38-18-22(35)17-34)32-11-13-33(14-12-32)28(37)21-10-6-9-20(15-21)25(36)19-7-4-3-5-8-19/h3-10,15-16,22,34-35H,2,11-14,17-18H2,1H3/t22-/m0/s1. The lowest BCUT2D eigenvalue weighted by Gasteiger charge is -2.35. The molecule has 0 unspecified atom stereocenters. The first-order chi connectivity index (χ1) is 19.0. The molecule has 0 spiro atoms. The van der Waals surface area contributed by atoms with Crippen LogP contribution in [-0.4, -0.2) is 82.3 Å². The minimum Gasteiger partial charge on any atom is -0.461 e. The molecule has 202 valence electrons. The molecule has 5 rings (SSSR count). The molecule has 9 nitrogen and oxygen atoms in total. The number of fused-ring (bicyclic) bond motifs is 1. The zero-order valence-electron chi connectivity index (χ0n) is 21.6. The third-order valence-electron chi connectivity index (χ3n) is 6.64. The van der Waals surface area contributed by atoms with E-state index in [9.17, 15) is 14.7 Å². The highest BCUT2D eigenvalue weighted by Gasteiger charge is 2.26. The lowest BCUT2D eigenvalue weighted by molar-refractivity contribution is 0.0506. The van der Waals surface area contributed by atoms with Crippen LogP contribution in [0.25, 0.3) is 10.2 Å². The second-order valence-electron chi connectivity index (χ2n) is 9.32. The van der Waals surface area contributed by atoms with Crippen LogP contribution in [0.4, 0.5) is 5.82 Å². The maximum Gasteiger partial charge on any atom is 0.319 e. The van der Waals surface area contributed by atoms with E-state index < -0.39 is 12.7 Å². The fourth-order valence-electron chi connectivity index (χ4n) is 4.49. The summed E-state index contributed by atoms with van der Waals surface area (Å²) in [6.45, 7) is 3.68.